The normalized spacial score (nSPS) is 13.6. The van der Waals surface area contributed by atoms with Crippen LogP contribution in [0.4, 0.5) is 0 Å². The molecule has 0 bridgehead atoms. The van der Waals surface area contributed by atoms with E-state index in [9.17, 15) is 32.2 Å². The summed E-state index contributed by atoms with van der Waals surface area (Å²) in [5.41, 5.74) is 5.35. The summed E-state index contributed by atoms with van der Waals surface area (Å²) in [6.07, 6.45) is -0.751. The van der Waals surface area contributed by atoms with E-state index in [0.29, 0.717) is 0 Å². The Kier molecular flexibility index (Phi) is 20.4. The van der Waals surface area contributed by atoms with E-state index in [0.717, 1.165) is 0 Å². The maximum Gasteiger partial charge on any atom is 0.346 e. The molecule has 0 aliphatic heterocycles. The van der Waals surface area contributed by atoms with Crippen LogP contribution in [0.1, 0.15) is 12.8 Å². The number of alkyl halides is 4. The van der Waals surface area contributed by atoms with Crippen LogP contribution in [0.15, 0.2) is 0 Å². The molecule has 240 valence electrons. The molecule has 0 saturated carbocycles. The van der Waals surface area contributed by atoms with Crippen molar-refractivity contribution < 1.29 is 46.9 Å². The summed E-state index contributed by atoms with van der Waals surface area (Å²) < 4.78 is 48.3. The number of carbonyl (C=O) groups is 4. The molecule has 0 saturated heterocycles. The fraction of sp³-hybridized carbons (Fsp3) is 0.800. The molecule has 2 atom stereocenters. The van der Waals surface area contributed by atoms with Gasteiger partial charge in [-0.2, -0.15) is 0 Å². The van der Waals surface area contributed by atoms with Crippen LogP contribution in [0.25, 0.3) is 0 Å². The molecule has 21 heteroatoms. The predicted octanol–water partition coefficient (Wildman–Crippen LogP) is -0.0372. The molecular weight excluding hydrogens is 675 g/mol. The van der Waals surface area contributed by atoms with Gasteiger partial charge in [-0.3, -0.25) is 23.7 Å². The van der Waals surface area contributed by atoms with Crippen molar-refractivity contribution in [1.82, 2.24) is 20.0 Å². The van der Waals surface area contributed by atoms with E-state index >= 15 is 0 Å². The summed E-state index contributed by atoms with van der Waals surface area (Å²) in [5.74, 6) is -6.25. The van der Waals surface area contributed by atoms with Gasteiger partial charge in [0.05, 0.1) is 18.1 Å². The molecule has 6 N–H and O–H groups in total. The smallest absolute Gasteiger partial charge is 0.346 e. The highest BCUT2D eigenvalue weighted by atomic mass is 35.5. The Bertz CT molecular complexity index is 981. The fourth-order valence-electron chi connectivity index (χ4n) is 3.23. The molecule has 15 nitrogen and oxygen atoms in total. The molecule has 0 aliphatic rings. The highest BCUT2D eigenvalue weighted by molar-refractivity contribution is 7.91. The van der Waals surface area contributed by atoms with Gasteiger partial charge in [-0.05, 0) is 6.42 Å². The van der Waals surface area contributed by atoms with Crippen molar-refractivity contribution in [2.45, 2.75) is 24.9 Å². The van der Waals surface area contributed by atoms with Gasteiger partial charge in [-0.15, -0.1) is 46.4 Å². The number of hydrogen-bond donors (Lipinski definition) is 5. The number of amides is 2. The first-order chi connectivity index (χ1) is 19.2. The largest absolute Gasteiger partial charge is 0.480 e. The van der Waals surface area contributed by atoms with Gasteiger partial charge < -0.3 is 31.1 Å². The van der Waals surface area contributed by atoms with Crippen molar-refractivity contribution in [3.8, 4) is 0 Å². The van der Waals surface area contributed by atoms with E-state index in [2.05, 4.69) is 5.32 Å². The minimum absolute atomic E-state index is 0.0579. The van der Waals surface area contributed by atoms with Gasteiger partial charge in [0.15, 0.2) is 9.84 Å². The van der Waals surface area contributed by atoms with Crippen molar-refractivity contribution >= 4 is 87.7 Å². The summed E-state index contributed by atoms with van der Waals surface area (Å²) >= 11 is 23.4. The number of halogens is 4. The quantitative estimate of drug-likeness (QED) is 0.0656. The number of nitrogens with two attached hydrogens (primary N) is 1. The molecule has 2 amide bonds. The lowest BCUT2D eigenvalue weighted by molar-refractivity contribution is -0.139. The molecule has 0 aromatic carbocycles. The number of carbonyl (C=O) groups excluding carboxylic acids is 2. The zero-order valence-corrected chi connectivity index (χ0v) is 26.8. The Morgan fingerprint density at radius 2 is 1.41 bits per heavy atom. The van der Waals surface area contributed by atoms with E-state index in [1.54, 1.807) is 0 Å². The zero-order chi connectivity index (χ0) is 31.6. The molecule has 41 heavy (non-hydrogen) atoms. The summed E-state index contributed by atoms with van der Waals surface area (Å²) in [5, 5.41) is 21.8. The second-order valence-corrected chi connectivity index (χ2v) is 14.4. The second-order valence-electron chi connectivity index (χ2n) is 8.32. The third-order valence-electron chi connectivity index (χ3n) is 5.22. The Morgan fingerprint density at radius 3 is 1.83 bits per heavy atom. The van der Waals surface area contributed by atoms with Crippen molar-refractivity contribution in [2.75, 3.05) is 74.4 Å². The minimum atomic E-state index is -4.21. The summed E-state index contributed by atoms with van der Waals surface area (Å²) in [4.78, 5) is 46.5. The lowest BCUT2D eigenvalue weighted by atomic mass is 10.1. The summed E-state index contributed by atoms with van der Waals surface area (Å²) in [6.45, 7) is -1.11. The van der Waals surface area contributed by atoms with Crippen LogP contribution >= 0.6 is 54.1 Å². The maximum absolute atomic E-state index is 14.0. The van der Waals surface area contributed by atoms with Crippen LogP contribution in [-0.2, 0) is 38.1 Å². The molecule has 0 spiro atoms. The first-order valence-electron chi connectivity index (χ1n) is 12.1. The summed E-state index contributed by atoms with van der Waals surface area (Å²) in [6, 6.07) is -3.10. The average Bonchev–Trinajstić information content (AvgIpc) is 2.89. The van der Waals surface area contributed by atoms with E-state index in [1.165, 1.54) is 9.34 Å². The van der Waals surface area contributed by atoms with Crippen LogP contribution < -0.4 is 16.4 Å². The van der Waals surface area contributed by atoms with Crippen molar-refractivity contribution in [3.05, 3.63) is 0 Å². The topological polar surface area (TPSA) is 226 Å². The molecule has 0 rings (SSSR count). The number of aliphatic carboxylic acids is 2. The summed E-state index contributed by atoms with van der Waals surface area (Å²) in [7, 11) is -8.13. The van der Waals surface area contributed by atoms with Crippen LogP contribution in [0.5, 0.6) is 0 Å². The first-order valence-corrected chi connectivity index (χ1v) is 17.6. The predicted molar refractivity (Wildman–Crippen MR) is 156 cm³/mol. The molecule has 0 heterocycles. The SMILES string of the molecule is N[C@@H](CCC(=O)NC(CS(=O)(=O)CCOP(=O)(N(CCCl)CCCl)N(CCCl)CCCl)C(=O)NCC(=O)O)C(=O)O. The van der Waals surface area contributed by atoms with Gasteiger partial charge >= 0.3 is 19.6 Å². The van der Waals surface area contributed by atoms with Crippen LogP contribution in [0.3, 0.4) is 0 Å². The third kappa shape index (κ3) is 15.9. The first kappa shape index (κ1) is 40.1. The van der Waals surface area contributed by atoms with Crippen molar-refractivity contribution in [3.63, 3.8) is 0 Å². The molecule has 0 fully saturated rings. The lowest BCUT2D eigenvalue weighted by Gasteiger charge is -2.37. The number of nitrogens with zero attached hydrogens (tertiary/aromatic N) is 2. The Balaban J connectivity index is 5.75. The molecule has 0 radical (unpaired) electrons. The number of carboxylic acids is 2. The second kappa shape index (κ2) is 20.9. The van der Waals surface area contributed by atoms with Gasteiger partial charge in [-0.1, -0.05) is 0 Å². The number of carboxylic acid groups (broad SMARTS) is 2. The van der Waals surface area contributed by atoms with Gasteiger partial charge in [0, 0.05) is 56.1 Å². The number of nitrogens with one attached hydrogen (secondary N) is 2. The fourth-order valence-corrected chi connectivity index (χ4v) is 8.31. The van der Waals surface area contributed by atoms with Gasteiger partial charge in [-0.25, -0.2) is 17.8 Å². The van der Waals surface area contributed by atoms with Gasteiger partial charge in [0.2, 0.25) is 11.8 Å². The third-order valence-corrected chi connectivity index (χ3v) is 10.3. The van der Waals surface area contributed by atoms with E-state index in [1.807, 2.05) is 5.32 Å². The molecule has 0 aliphatic carbocycles. The Labute approximate surface area is 258 Å². The van der Waals surface area contributed by atoms with Crippen LogP contribution in [0.2, 0.25) is 0 Å². The highest BCUT2D eigenvalue weighted by Gasteiger charge is 2.38. The number of hydrogen-bond acceptors (Lipinski definition) is 9. The maximum atomic E-state index is 14.0. The van der Waals surface area contributed by atoms with Crippen molar-refractivity contribution in [1.29, 1.82) is 0 Å². The molecule has 0 aromatic rings. The molecule has 1 unspecified atom stereocenters. The molecular formula is C20H36Cl4N5O10PS. The monoisotopic (exact) mass is 709 g/mol. The minimum Gasteiger partial charge on any atom is -0.480 e. The van der Waals surface area contributed by atoms with Crippen molar-refractivity contribution in [2.24, 2.45) is 5.73 Å². The highest BCUT2D eigenvalue weighted by Crippen LogP contribution is 2.54. The van der Waals surface area contributed by atoms with Crippen LogP contribution in [-0.4, -0.2) is 138 Å². The van der Waals surface area contributed by atoms with E-state index in [-0.39, 0.29) is 56.1 Å². The van der Waals surface area contributed by atoms with Gasteiger partial charge in [0.1, 0.15) is 18.6 Å². The number of sulfone groups is 1. The van der Waals surface area contributed by atoms with Gasteiger partial charge in [0.25, 0.3) is 0 Å². The molecule has 0 aromatic heterocycles. The average molecular weight is 711 g/mol. The zero-order valence-electron chi connectivity index (χ0n) is 22.1. The standard InChI is InChI=1S/C20H36Cl4N5O10PS/c21-3-7-28(8-4-22)40(36,29(9-5-23)10-6-24)39-11-12-41(37,38)14-16(19(33)26-13-18(31)32)27-17(30)2-1-15(25)20(34)35/h15-16H,1-14,25H2,(H,26,33)(H,27,30)(H,31,32)(H,34,35)/t15-,16?/m0/s1. The lowest BCUT2D eigenvalue weighted by Crippen LogP contribution is -2.51. The van der Waals surface area contributed by atoms with E-state index in [4.69, 9.17) is 66.9 Å². The number of rotatable bonds is 24. The Morgan fingerprint density at radius 1 is 0.927 bits per heavy atom. The Hall–Kier alpha value is -0.940. The van der Waals surface area contributed by atoms with E-state index < -0.39 is 84.4 Å². The van der Waals surface area contributed by atoms with Crippen LogP contribution in [0, 0.1) is 0 Å².